The number of rotatable bonds is 9. The molecule has 0 saturated heterocycles. The molecule has 1 aromatic heterocycles. The third kappa shape index (κ3) is 5.64. The molecule has 0 aliphatic heterocycles. The van der Waals surface area contributed by atoms with Gasteiger partial charge in [0.2, 0.25) is 5.91 Å². The van der Waals surface area contributed by atoms with Crippen molar-refractivity contribution in [3.05, 3.63) is 34.7 Å². The number of ether oxygens (including phenoxy) is 1. The minimum Gasteiger partial charge on any atom is -0.385 e. The second kappa shape index (κ2) is 9.28. The van der Waals surface area contributed by atoms with Crippen LogP contribution in [0.25, 0.3) is 0 Å². The lowest BCUT2D eigenvalue weighted by Crippen LogP contribution is -2.19. The van der Waals surface area contributed by atoms with Crippen LogP contribution in [-0.2, 0) is 16.1 Å². The Balaban J connectivity index is 1.88. The molecule has 0 aliphatic rings. The van der Waals surface area contributed by atoms with E-state index >= 15 is 0 Å². The molecule has 1 aromatic carbocycles. The van der Waals surface area contributed by atoms with Gasteiger partial charge in [0.1, 0.15) is 0 Å². The number of aromatic nitrogens is 3. The summed E-state index contributed by atoms with van der Waals surface area (Å²) in [6.45, 7) is 1.06. The Kier molecular flexibility index (Phi) is 7.08. The molecule has 136 valence electrons. The highest BCUT2D eigenvalue weighted by atomic mass is 32.2. The minimum absolute atomic E-state index is 0.151. The number of carbonyl (C=O) groups is 1. The van der Waals surface area contributed by atoms with E-state index in [1.165, 1.54) is 16.3 Å². The second-order valence-corrected chi connectivity index (χ2v) is 6.53. The van der Waals surface area contributed by atoms with E-state index in [0.29, 0.717) is 24.7 Å². The number of amides is 1. The molecule has 0 unspecified atom stereocenters. The molecular formula is C16H23N5O3S. The molecule has 0 bridgehead atoms. The van der Waals surface area contributed by atoms with E-state index in [1.807, 2.05) is 43.3 Å². The highest BCUT2D eigenvalue weighted by molar-refractivity contribution is 7.99. The van der Waals surface area contributed by atoms with Crippen LogP contribution in [-0.4, -0.2) is 54.2 Å². The van der Waals surface area contributed by atoms with Gasteiger partial charge >= 0.3 is 5.69 Å². The first-order valence-corrected chi connectivity index (χ1v) is 8.84. The molecule has 0 spiro atoms. The van der Waals surface area contributed by atoms with Gasteiger partial charge in [0.05, 0.1) is 5.75 Å². The largest absolute Gasteiger partial charge is 0.385 e. The molecule has 8 nitrogen and oxygen atoms in total. The van der Waals surface area contributed by atoms with Gasteiger partial charge in [0, 0.05) is 45.7 Å². The number of aromatic amines is 1. The predicted molar refractivity (Wildman–Crippen MR) is 99.5 cm³/mol. The smallest absolute Gasteiger partial charge is 0.343 e. The first kappa shape index (κ1) is 19.1. The summed E-state index contributed by atoms with van der Waals surface area (Å²) in [4.78, 5) is 25.8. The third-order valence-electron chi connectivity index (χ3n) is 3.45. The molecule has 1 amide bonds. The van der Waals surface area contributed by atoms with Gasteiger partial charge in [-0.3, -0.25) is 9.36 Å². The number of methoxy groups -OCH3 is 1. The average molecular weight is 365 g/mol. The van der Waals surface area contributed by atoms with Crippen LogP contribution in [0.1, 0.15) is 6.42 Å². The molecule has 0 aliphatic carbocycles. The summed E-state index contributed by atoms with van der Waals surface area (Å²) < 4.78 is 6.50. The monoisotopic (exact) mass is 365 g/mol. The Morgan fingerprint density at radius 2 is 2.08 bits per heavy atom. The number of H-pyrrole nitrogens is 1. The number of nitrogens with one attached hydrogen (secondary N) is 2. The van der Waals surface area contributed by atoms with Gasteiger partial charge in [-0.1, -0.05) is 11.8 Å². The van der Waals surface area contributed by atoms with Gasteiger partial charge in [0.25, 0.3) is 0 Å². The molecule has 0 saturated carbocycles. The first-order valence-electron chi connectivity index (χ1n) is 7.85. The fourth-order valence-corrected chi connectivity index (χ4v) is 2.92. The highest BCUT2D eigenvalue weighted by Gasteiger charge is 2.11. The van der Waals surface area contributed by atoms with Gasteiger partial charge in [-0.05, 0) is 30.7 Å². The number of carbonyl (C=O) groups excluding carboxylic acids is 1. The molecule has 0 atom stereocenters. The molecule has 0 fully saturated rings. The van der Waals surface area contributed by atoms with Gasteiger partial charge < -0.3 is 15.0 Å². The maximum atomic E-state index is 12.1. The van der Waals surface area contributed by atoms with E-state index in [4.69, 9.17) is 4.74 Å². The SMILES string of the molecule is COCCCn1c(SCC(=O)Nc2ccc(N(C)C)cc2)n[nH]c1=O. The normalized spacial score (nSPS) is 10.7. The molecule has 1 heterocycles. The number of thioether (sulfide) groups is 1. The lowest BCUT2D eigenvalue weighted by atomic mass is 10.2. The molecular weight excluding hydrogens is 342 g/mol. The van der Waals surface area contributed by atoms with E-state index in [2.05, 4.69) is 15.5 Å². The van der Waals surface area contributed by atoms with Crippen molar-refractivity contribution in [3.8, 4) is 0 Å². The van der Waals surface area contributed by atoms with Crippen molar-refractivity contribution in [2.75, 3.05) is 43.8 Å². The predicted octanol–water partition coefficient (Wildman–Crippen LogP) is 1.40. The summed E-state index contributed by atoms with van der Waals surface area (Å²) >= 11 is 1.22. The van der Waals surface area contributed by atoms with Crippen molar-refractivity contribution in [2.45, 2.75) is 18.1 Å². The average Bonchev–Trinajstić information content (AvgIpc) is 2.94. The van der Waals surface area contributed by atoms with Crippen molar-refractivity contribution in [2.24, 2.45) is 0 Å². The summed E-state index contributed by atoms with van der Waals surface area (Å²) in [5.74, 6) is 0.0192. The fourth-order valence-electron chi connectivity index (χ4n) is 2.15. The summed E-state index contributed by atoms with van der Waals surface area (Å²) in [7, 11) is 5.53. The first-order chi connectivity index (χ1) is 12.0. The zero-order chi connectivity index (χ0) is 18.2. The summed E-state index contributed by atoms with van der Waals surface area (Å²) in [5, 5.41) is 9.71. The van der Waals surface area contributed by atoms with Crippen LogP contribution in [0.3, 0.4) is 0 Å². The molecule has 2 aromatic rings. The van der Waals surface area contributed by atoms with Gasteiger partial charge in [-0.15, -0.1) is 5.10 Å². The van der Waals surface area contributed by atoms with Crippen LogP contribution in [0.15, 0.2) is 34.2 Å². The zero-order valence-electron chi connectivity index (χ0n) is 14.6. The maximum absolute atomic E-state index is 12.1. The van der Waals surface area contributed by atoms with Gasteiger partial charge in [-0.25, -0.2) is 9.89 Å². The number of hydrogen-bond donors (Lipinski definition) is 2. The number of anilines is 2. The molecule has 2 N–H and O–H groups in total. The van der Waals surface area contributed by atoms with Crippen molar-refractivity contribution >= 4 is 29.0 Å². The van der Waals surface area contributed by atoms with Crippen molar-refractivity contribution in [3.63, 3.8) is 0 Å². The summed E-state index contributed by atoms with van der Waals surface area (Å²) in [6, 6.07) is 7.58. The Bertz CT molecular complexity index is 739. The fraction of sp³-hybridized carbons (Fsp3) is 0.438. The van der Waals surface area contributed by atoms with Crippen LogP contribution in [0.5, 0.6) is 0 Å². The molecule has 0 radical (unpaired) electrons. The lowest BCUT2D eigenvalue weighted by molar-refractivity contribution is -0.113. The topological polar surface area (TPSA) is 92.2 Å². The Labute approximate surface area is 150 Å². The van der Waals surface area contributed by atoms with Crippen LogP contribution >= 0.6 is 11.8 Å². The van der Waals surface area contributed by atoms with Crippen LogP contribution in [0.4, 0.5) is 11.4 Å². The Hall–Kier alpha value is -2.26. The van der Waals surface area contributed by atoms with Crippen LogP contribution in [0.2, 0.25) is 0 Å². The third-order valence-corrected chi connectivity index (χ3v) is 4.43. The number of nitrogens with zero attached hydrogens (tertiary/aromatic N) is 3. The van der Waals surface area contributed by atoms with E-state index < -0.39 is 0 Å². The van der Waals surface area contributed by atoms with Gasteiger partial charge in [-0.2, -0.15) is 0 Å². The van der Waals surface area contributed by atoms with Crippen molar-refractivity contribution < 1.29 is 9.53 Å². The van der Waals surface area contributed by atoms with E-state index in [0.717, 1.165) is 11.4 Å². The quantitative estimate of drug-likeness (QED) is 0.516. The zero-order valence-corrected chi connectivity index (χ0v) is 15.4. The van der Waals surface area contributed by atoms with Crippen molar-refractivity contribution in [1.82, 2.24) is 14.8 Å². The number of hydrogen-bond acceptors (Lipinski definition) is 6. The van der Waals surface area contributed by atoms with Crippen LogP contribution < -0.4 is 15.9 Å². The van der Waals surface area contributed by atoms with Crippen molar-refractivity contribution in [1.29, 1.82) is 0 Å². The van der Waals surface area contributed by atoms with E-state index in [9.17, 15) is 9.59 Å². The molecule has 25 heavy (non-hydrogen) atoms. The minimum atomic E-state index is -0.279. The van der Waals surface area contributed by atoms with Gasteiger partial charge in [0.15, 0.2) is 5.16 Å². The lowest BCUT2D eigenvalue weighted by Gasteiger charge is -2.13. The molecule has 9 heteroatoms. The highest BCUT2D eigenvalue weighted by Crippen LogP contribution is 2.17. The summed E-state index contributed by atoms with van der Waals surface area (Å²) in [5.41, 5.74) is 1.51. The Morgan fingerprint density at radius 1 is 1.36 bits per heavy atom. The van der Waals surface area contributed by atoms with E-state index in [-0.39, 0.29) is 17.3 Å². The maximum Gasteiger partial charge on any atom is 0.343 e. The summed E-state index contributed by atoms with van der Waals surface area (Å²) in [6.07, 6.45) is 0.702. The molecule has 2 rings (SSSR count). The number of benzene rings is 1. The van der Waals surface area contributed by atoms with E-state index in [1.54, 1.807) is 7.11 Å². The second-order valence-electron chi connectivity index (χ2n) is 5.59. The standard InChI is InChI=1S/C16H23N5O3S/c1-20(2)13-7-5-12(6-8-13)17-14(22)11-25-16-19-18-15(23)21(16)9-4-10-24-3/h5-8H,4,9-11H2,1-3H3,(H,17,22)(H,18,23). The Morgan fingerprint density at radius 3 is 2.72 bits per heavy atom. The van der Waals surface area contributed by atoms with Crippen LogP contribution in [0, 0.1) is 0 Å².